The Hall–Kier alpha value is -3.19. The largest absolute Gasteiger partial charge is 0.496 e. The molecule has 1 aliphatic heterocycles. The van der Waals surface area contributed by atoms with Gasteiger partial charge in [0.05, 0.1) is 25.8 Å². The molecule has 2 aliphatic rings. The van der Waals surface area contributed by atoms with Gasteiger partial charge in [0.15, 0.2) is 11.5 Å². The van der Waals surface area contributed by atoms with Crippen molar-refractivity contribution in [3.8, 4) is 17.2 Å². The third-order valence-corrected chi connectivity index (χ3v) is 8.22. The van der Waals surface area contributed by atoms with Crippen molar-refractivity contribution in [1.82, 2.24) is 4.57 Å². The molecule has 0 saturated heterocycles. The Labute approximate surface area is 206 Å². The van der Waals surface area contributed by atoms with Gasteiger partial charge in [-0.15, -0.1) is 0 Å². The van der Waals surface area contributed by atoms with E-state index >= 15 is 0 Å². The highest BCUT2D eigenvalue weighted by molar-refractivity contribution is 6.06. The first-order valence-corrected chi connectivity index (χ1v) is 12.1. The second-order valence-electron chi connectivity index (χ2n) is 10.7. The van der Waals surface area contributed by atoms with Crippen molar-refractivity contribution in [2.24, 2.45) is 18.4 Å². The number of carbonyl (C=O) groups is 1. The number of ether oxygens (including phenoxy) is 3. The molecule has 1 amide bonds. The molecule has 3 atom stereocenters. The zero-order valence-corrected chi connectivity index (χ0v) is 21.3. The predicted molar refractivity (Wildman–Crippen MR) is 136 cm³/mol. The zero-order valence-electron chi connectivity index (χ0n) is 21.3. The maximum atomic E-state index is 13.4. The maximum absolute atomic E-state index is 13.4. The molecule has 2 aromatic carbocycles. The van der Waals surface area contributed by atoms with Crippen LogP contribution in [0, 0.1) is 11.3 Å². The number of nitrogens with one attached hydrogen (secondary N) is 1. The zero-order chi connectivity index (χ0) is 25.1. The normalized spacial score (nSPS) is 24.8. The first kappa shape index (κ1) is 23.5. The van der Waals surface area contributed by atoms with Gasteiger partial charge in [0.1, 0.15) is 11.4 Å². The van der Waals surface area contributed by atoms with Gasteiger partial charge in [0.2, 0.25) is 0 Å². The quantitative estimate of drug-likeness (QED) is 0.555. The third-order valence-electron chi connectivity index (χ3n) is 8.22. The van der Waals surface area contributed by atoms with Crippen LogP contribution in [0.3, 0.4) is 0 Å². The molecule has 0 radical (unpaired) electrons. The van der Waals surface area contributed by atoms with Crippen LogP contribution in [-0.4, -0.2) is 41.5 Å². The first-order valence-electron chi connectivity index (χ1n) is 12.1. The number of aryl methyl sites for hydroxylation is 1. The molecule has 7 heteroatoms. The molecule has 1 aliphatic carbocycles. The second kappa shape index (κ2) is 8.19. The predicted octanol–water partition coefficient (Wildman–Crippen LogP) is 4.94. The number of methoxy groups -OCH3 is 2. The van der Waals surface area contributed by atoms with Crippen molar-refractivity contribution >= 4 is 22.5 Å². The smallest absolute Gasteiger partial charge is 0.255 e. The summed E-state index contributed by atoms with van der Waals surface area (Å²) in [4.78, 5) is 13.4. The highest BCUT2D eigenvalue weighted by Crippen LogP contribution is 2.54. The topological polar surface area (TPSA) is 82.0 Å². The molecule has 186 valence electrons. The maximum Gasteiger partial charge on any atom is 0.255 e. The van der Waals surface area contributed by atoms with Gasteiger partial charge in [-0.2, -0.15) is 0 Å². The lowest BCUT2D eigenvalue weighted by Crippen LogP contribution is -2.58. The highest BCUT2D eigenvalue weighted by Gasteiger charge is 2.54. The van der Waals surface area contributed by atoms with E-state index in [4.69, 9.17) is 14.2 Å². The molecule has 2 N–H and O–H groups in total. The summed E-state index contributed by atoms with van der Waals surface area (Å²) < 4.78 is 19.8. The Balaban J connectivity index is 1.50. The number of anilines is 1. The number of carbonyl (C=O) groups excluding carboxylic acids is 1. The van der Waals surface area contributed by atoms with Gasteiger partial charge < -0.3 is 29.2 Å². The molecule has 1 aromatic heterocycles. The number of aliphatic hydroxyl groups excluding tert-OH is 1. The summed E-state index contributed by atoms with van der Waals surface area (Å²) in [5.41, 5.74) is 2.33. The third kappa shape index (κ3) is 3.73. The van der Waals surface area contributed by atoms with Crippen molar-refractivity contribution in [2.45, 2.75) is 51.7 Å². The monoisotopic (exact) mass is 478 g/mol. The van der Waals surface area contributed by atoms with E-state index in [0.29, 0.717) is 41.3 Å². The van der Waals surface area contributed by atoms with Gasteiger partial charge in [0.25, 0.3) is 5.91 Å². The SMILES string of the molecule is COc1cc(C(=O)Nc2cc(OC)c3ccn(C)c3c2)cc2c1O[C@]1(C)CC[C@@H](O)C(C)(C)[C@H]1C2. The second-order valence-corrected chi connectivity index (χ2v) is 10.7. The summed E-state index contributed by atoms with van der Waals surface area (Å²) >= 11 is 0. The fourth-order valence-corrected chi connectivity index (χ4v) is 6.04. The van der Waals surface area contributed by atoms with Gasteiger partial charge in [-0.25, -0.2) is 0 Å². The number of nitrogens with zero attached hydrogens (tertiary/aromatic N) is 1. The lowest BCUT2D eigenvalue weighted by atomic mass is 9.57. The Morgan fingerprint density at radius 3 is 2.60 bits per heavy atom. The lowest BCUT2D eigenvalue weighted by Gasteiger charge is -2.55. The average Bonchev–Trinajstić information content (AvgIpc) is 3.20. The van der Waals surface area contributed by atoms with Gasteiger partial charge in [-0.1, -0.05) is 13.8 Å². The van der Waals surface area contributed by atoms with Crippen LogP contribution in [0.4, 0.5) is 5.69 Å². The van der Waals surface area contributed by atoms with Crippen LogP contribution in [0.5, 0.6) is 17.2 Å². The molecular weight excluding hydrogens is 444 g/mol. The van der Waals surface area contributed by atoms with E-state index in [-0.39, 0.29) is 23.3 Å². The fourth-order valence-electron chi connectivity index (χ4n) is 6.04. The Kier molecular flexibility index (Phi) is 5.51. The van der Waals surface area contributed by atoms with E-state index in [0.717, 1.165) is 22.9 Å². The van der Waals surface area contributed by atoms with Gasteiger partial charge in [0, 0.05) is 41.9 Å². The molecule has 0 bridgehead atoms. The van der Waals surface area contributed by atoms with E-state index in [9.17, 15) is 9.90 Å². The van der Waals surface area contributed by atoms with Gasteiger partial charge >= 0.3 is 0 Å². The van der Waals surface area contributed by atoms with Crippen LogP contribution >= 0.6 is 0 Å². The van der Waals surface area contributed by atoms with Crippen molar-refractivity contribution in [1.29, 1.82) is 0 Å². The first-order chi connectivity index (χ1) is 16.6. The average molecular weight is 479 g/mol. The number of aliphatic hydroxyl groups is 1. The Bertz CT molecular complexity index is 1310. The van der Waals surface area contributed by atoms with Crippen molar-refractivity contribution in [2.75, 3.05) is 19.5 Å². The van der Waals surface area contributed by atoms with Crippen LogP contribution in [0.1, 0.15) is 49.5 Å². The summed E-state index contributed by atoms with van der Waals surface area (Å²) in [6.45, 7) is 6.34. The summed E-state index contributed by atoms with van der Waals surface area (Å²) in [5.74, 6) is 1.82. The summed E-state index contributed by atoms with van der Waals surface area (Å²) in [6.07, 6.45) is 3.76. The number of rotatable bonds is 4. The molecule has 2 heterocycles. The molecular formula is C28H34N2O5. The summed E-state index contributed by atoms with van der Waals surface area (Å²) in [7, 11) is 5.18. The van der Waals surface area contributed by atoms with E-state index < -0.39 is 5.60 Å². The Morgan fingerprint density at radius 2 is 1.89 bits per heavy atom. The highest BCUT2D eigenvalue weighted by atomic mass is 16.5. The van der Waals surface area contributed by atoms with Crippen LogP contribution in [0.25, 0.3) is 10.9 Å². The van der Waals surface area contributed by atoms with E-state index in [1.807, 2.05) is 42.1 Å². The van der Waals surface area contributed by atoms with Crippen molar-refractivity contribution in [3.05, 3.63) is 47.7 Å². The van der Waals surface area contributed by atoms with Gasteiger partial charge in [-0.3, -0.25) is 4.79 Å². The minimum Gasteiger partial charge on any atom is -0.496 e. The van der Waals surface area contributed by atoms with Crippen LogP contribution in [0.15, 0.2) is 36.5 Å². The summed E-state index contributed by atoms with van der Waals surface area (Å²) in [5, 5.41) is 14.7. The lowest BCUT2D eigenvalue weighted by molar-refractivity contribution is -0.138. The Morgan fingerprint density at radius 1 is 1.14 bits per heavy atom. The summed E-state index contributed by atoms with van der Waals surface area (Å²) in [6, 6.07) is 9.38. The number of hydrogen-bond donors (Lipinski definition) is 2. The van der Waals surface area contributed by atoms with Crippen LogP contribution < -0.4 is 19.5 Å². The fraction of sp³-hybridized carbons (Fsp3) is 0.464. The number of fused-ring (bicyclic) bond motifs is 3. The minimum atomic E-state index is -0.395. The minimum absolute atomic E-state index is 0.110. The number of aromatic nitrogens is 1. The standard InChI is InChI=1S/C28H34N2O5/c1-27(2)23-13-16-11-17(12-22(34-6)25(16)35-28(23,3)9-7-24(27)31)26(32)29-18-14-20-19(8-10-30(20)4)21(15-18)33-5/h8,10-12,14-15,23-24,31H,7,9,13H2,1-6H3,(H,29,32)/t23-,24-,28-/m1/s1. The molecule has 0 unspecified atom stereocenters. The number of amides is 1. The number of benzene rings is 2. The van der Waals surface area contributed by atoms with E-state index in [2.05, 4.69) is 26.1 Å². The molecule has 1 fully saturated rings. The van der Waals surface area contributed by atoms with E-state index in [1.165, 1.54) is 0 Å². The van der Waals surface area contributed by atoms with Crippen LogP contribution in [-0.2, 0) is 13.5 Å². The number of hydrogen-bond acceptors (Lipinski definition) is 5. The van der Waals surface area contributed by atoms with E-state index in [1.54, 1.807) is 20.3 Å². The molecule has 0 spiro atoms. The van der Waals surface area contributed by atoms with Gasteiger partial charge in [-0.05, 0) is 61.4 Å². The molecule has 7 nitrogen and oxygen atoms in total. The molecule has 35 heavy (non-hydrogen) atoms. The van der Waals surface area contributed by atoms with Crippen molar-refractivity contribution < 1.29 is 24.1 Å². The molecule has 5 rings (SSSR count). The van der Waals surface area contributed by atoms with Crippen LogP contribution in [0.2, 0.25) is 0 Å². The molecule has 1 saturated carbocycles. The van der Waals surface area contributed by atoms with Crippen molar-refractivity contribution in [3.63, 3.8) is 0 Å². The molecule has 3 aromatic rings.